The van der Waals surface area contributed by atoms with Crippen LogP contribution in [0.25, 0.3) is 0 Å². The molecular weight excluding hydrogens is 316 g/mol. The average molecular weight is 331 g/mol. The van der Waals surface area contributed by atoms with Crippen LogP contribution in [0.5, 0.6) is 5.75 Å². The number of hydrogen-bond donors (Lipinski definition) is 2. The van der Waals surface area contributed by atoms with Crippen molar-refractivity contribution < 1.29 is 13.2 Å². The Kier molecular flexibility index (Phi) is 5.16. The Labute approximate surface area is 127 Å². The van der Waals surface area contributed by atoms with Gasteiger partial charge >= 0.3 is 0 Å². The van der Waals surface area contributed by atoms with Crippen LogP contribution in [-0.4, -0.2) is 37.3 Å². The van der Waals surface area contributed by atoms with Gasteiger partial charge in [0.15, 0.2) is 0 Å². The lowest BCUT2D eigenvalue weighted by Gasteiger charge is -2.08. The van der Waals surface area contributed by atoms with E-state index in [-0.39, 0.29) is 9.92 Å². The van der Waals surface area contributed by atoms with Crippen LogP contribution in [0.15, 0.2) is 29.4 Å². The summed E-state index contributed by atoms with van der Waals surface area (Å²) in [6.07, 6.45) is 2.64. The smallest absolute Gasteiger partial charge is 0.240 e. The van der Waals surface area contributed by atoms with Gasteiger partial charge in [-0.05, 0) is 24.6 Å². The number of ether oxygens (including phenoxy) is 1. The molecule has 0 fully saturated rings. The summed E-state index contributed by atoms with van der Waals surface area (Å²) in [4.78, 5) is 4.07. The van der Waals surface area contributed by atoms with E-state index in [1.807, 2.05) is 0 Å². The molecule has 9 heteroatoms. The van der Waals surface area contributed by atoms with E-state index in [1.165, 1.54) is 31.6 Å². The van der Waals surface area contributed by atoms with Crippen molar-refractivity contribution in [1.82, 2.24) is 19.9 Å². The first-order valence-electron chi connectivity index (χ1n) is 6.20. The van der Waals surface area contributed by atoms with E-state index in [4.69, 9.17) is 16.3 Å². The molecule has 0 aliphatic rings. The minimum absolute atomic E-state index is 0.105. The standard InChI is InChI=1S/C12H15ClN4O3S/c1-20-11-5-4-9(7-10(11)13)21(18,19)16-6-2-3-12-14-8-15-17-12/h4-5,7-8,16H,2-3,6H2,1H3,(H,14,15,17). The van der Waals surface area contributed by atoms with Crippen LogP contribution in [0.3, 0.4) is 0 Å². The van der Waals surface area contributed by atoms with Crippen LogP contribution in [0.4, 0.5) is 0 Å². The third-order valence-electron chi connectivity index (χ3n) is 2.78. The monoisotopic (exact) mass is 330 g/mol. The van der Waals surface area contributed by atoms with E-state index >= 15 is 0 Å². The number of halogens is 1. The van der Waals surface area contributed by atoms with Crippen LogP contribution < -0.4 is 9.46 Å². The molecule has 1 heterocycles. The Morgan fingerprint density at radius 3 is 2.86 bits per heavy atom. The van der Waals surface area contributed by atoms with Crippen molar-refractivity contribution in [1.29, 1.82) is 0 Å². The van der Waals surface area contributed by atoms with Crippen molar-refractivity contribution in [2.45, 2.75) is 17.7 Å². The molecule has 0 bridgehead atoms. The van der Waals surface area contributed by atoms with Crippen LogP contribution in [-0.2, 0) is 16.4 Å². The van der Waals surface area contributed by atoms with E-state index < -0.39 is 10.0 Å². The van der Waals surface area contributed by atoms with E-state index in [1.54, 1.807) is 0 Å². The van der Waals surface area contributed by atoms with E-state index in [0.717, 1.165) is 5.82 Å². The number of aromatic nitrogens is 3. The van der Waals surface area contributed by atoms with Gasteiger partial charge in [0.05, 0.1) is 17.0 Å². The Bertz CT molecular complexity index is 689. The van der Waals surface area contributed by atoms with Gasteiger partial charge in [-0.1, -0.05) is 11.6 Å². The minimum Gasteiger partial charge on any atom is -0.495 e. The van der Waals surface area contributed by atoms with Crippen LogP contribution in [0, 0.1) is 0 Å². The summed E-state index contributed by atoms with van der Waals surface area (Å²) in [5, 5.41) is 6.69. The Balaban J connectivity index is 1.93. The topological polar surface area (TPSA) is 97.0 Å². The number of methoxy groups -OCH3 is 1. The molecule has 21 heavy (non-hydrogen) atoms. The highest BCUT2D eigenvalue weighted by Crippen LogP contribution is 2.26. The number of benzene rings is 1. The zero-order chi connectivity index (χ0) is 15.3. The molecule has 0 atom stereocenters. The molecule has 1 aromatic heterocycles. The van der Waals surface area contributed by atoms with Gasteiger partial charge < -0.3 is 4.74 Å². The Hall–Kier alpha value is -1.64. The molecule has 0 saturated carbocycles. The van der Waals surface area contributed by atoms with Gasteiger partial charge in [0.2, 0.25) is 10.0 Å². The van der Waals surface area contributed by atoms with Crippen molar-refractivity contribution in [3.63, 3.8) is 0 Å². The Morgan fingerprint density at radius 1 is 1.43 bits per heavy atom. The fourth-order valence-electron chi connectivity index (χ4n) is 1.71. The van der Waals surface area contributed by atoms with Crippen molar-refractivity contribution in [2.24, 2.45) is 0 Å². The van der Waals surface area contributed by atoms with Gasteiger partial charge in [0, 0.05) is 13.0 Å². The zero-order valence-corrected chi connectivity index (χ0v) is 12.9. The maximum absolute atomic E-state index is 12.1. The first-order chi connectivity index (χ1) is 10.0. The molecule has 2 aromatic rings. The molecule has 0 unspecified atom stereocenters. The molecular formula is C12H15ClN4O3S. The van der Waals surface area contributed by atoms with Crippen LogP contribution in [0.2, 0.25) is 5.02 Å². The Morgan fingerprint density at radius 2 is 2.24 bits per heavy atom. The maximum atomic E-state index is 12.1. The minimum atomic E-state index is -3.59. The second-order valence-electron chi connectivity index (χ2n) is 4.23. The van der Waals surface area contributed by atoms with Gasteiger partial charge in [-0.25, -0.2) is 18.1 Å². The zero-order valence-electron chi connectivity index (χ0n) is 11.3. The lowest BCUT2D eigenvalue weighted by Crippen LogP contribution is -2.25. The van der Waals surface area contributed by atoms with Crippen molar-refractivity contribution in [3.8, 4) is 5.75 Å². The molecule has 114 valence electrons. The average Bonchev–Trinajstić information content (AvgIpc) is 2.97. The molecule has 2 rings (SSSR count). The fraction of sp³-hybridized carbons (Fsp3) is 0.333. The second kappa shape index (κ2) is 6.88. The number of hydrogen-bond acceptors (Lipinski definition) is 5. The number of nitrogens with one attached hydrogen (secondary N) is 2. The fourth-order valence-corrected chi connectivity index (χ4v) is 3.13. The normalized spacial score (nSPS) is 11.5. The summed E-state index contributed by atoms with van der Waals surface area (Å²) in [6.45, 7) is 0.298. The van der Waals surface area contributed by atoms with Crippen molar-refractivity contribution >= 4 is 21.6 Å². The van der Waals surface area contributed by atoms with Crippen LogP contribution in [0.1, 0.15) is 12.2 Å². The predicted octanol–water partition coefficient (Wildman–Crippen LogP) is 1.38. The highest BCUT2D eigenvalue weighted by molar-refractivity contribution is 7.89. The summed E-state index contributed by atoms with van der Waals surface area (Å²) in [5.41, 5.74) is 0. The third-order valence-corrected chi connectivity index (χ3v) is 4.53. The van der Waals surface area contributed by atoms with Crippen LogP contribution >= 0.6 is 11.6 Å². The summed E-state index contributed by atoms with van der Waals surface area (Å²) in [7, 11) is -2.12. The van der Waals surface area contributed by atoms with E-state index in [2.05, 4.69) is 19.9 Å². The quantitative estimate of drug-likeness (QED) is 0.747. The van der Waals surface area contributed by atoms with E-state index in [9.17, 15) is 8.42 Å². The largest absolute Gasteiger partial charge is 0.495 e. The second-order valence-corrected chi connectivity index (χ2v) is 6.40. The first kappa shape index (κ1) is 15.7. The van der Waals surface area contributed by atoms with Gasteiger partial charge in [-0.3, -0.25) is 5.10 Å². The predicted molar refractivity (Wildman–Crippen MR) is 77.9 cm³/mol. The lowest BCUT2D eigenvalue weighted by molar-refractivity contribution is 0.414. The summed E-state index contributed by atoms with van der Waals surface area (Å²) >= 11 is 5.93. The number of H-pyrrole nitrogens is 1. The first-order valence-corrected chi connectivity index (χ1v) is 8.06. The van der Waals surface area contributed by atoms with Gasteiger partial charge in [0.1, 0.15) is 17.9 Å². The maximum Gasteiger partial charge on any atom is 0.240 e. The van der Waals surface area contributed by atoms with Crippen molar-refractivity contribution in [2.75, 3.05) is 13.7 Å². The van der Waals surface area contributed by atoms with E-state index in [0.29, 0.717) is 25.1 Å². The highest BCUT2D eigenvalue weighted by atomic mass is 35.5. The molecule has 0 aliphatic heterocycles. The molecule has 0 aliphatic carbocycles. The number of sulfonamides is 1. The summed E-state index contributed by atoms with van der Waals surface area (Å²) in [6, 6.07) is 4.33. The summed E-state index contributed by atoms with van der Waals surface area (Å²) in [5.74, 6) is 1.16. The number of aromatic amines is 1. The number of rotatable bonds is 7. The molecule has 0 radical (unpaired) electrons. The number of nitrogens with zero attached hydrogens (tertiary/aromatic N) is 2. The molecule has 0 saturated heterocycles. The highest BCUT2D eigenvalue weighted by Gasteiger charge is 2.15. The lowest BCUT2D eigenvalue weighted by atomic mass is 10.3. The molecule has 0 amide bonds. The molecule has 0 spiro atoms. The number of aryl methyl sites for hydroxylation is 1. The SMILES string of the molecule is COc1ccc(S(=O)(=O)NCCCc2ncn[nH]2)cc1Cl. The molecule has 2 N–H and O–H groups in total. The molecule has 7 nitrogen and oxygen atoms in total. The molecule has 1 aromatic carbocycles. The third kappa shape index (κ3) is 4.16. The van der Waals surface area contributed by atoms with Gasteiger partial charge in [0.25, 0.3) is 0 Å². The van der Waals surface area contributed by atoms with Gasteiger partial charge in [-0.2, -0.15) is 5.10 Å². The van der Waals surface area contributed by atoms with Crippen molar-refractivity contribution in [3.05, 3.63) is 35.4 Å². The summed E-state index contributed by atoms with van der Waals surface area (Å²) < 4.78 is 31.7. The van der Waals surface area contributed by atoms with Gasteiger partial charge in [-0.15, -0.1) is 0 Å².